The maximum absolute atomic E-state index is 13.6. The van der Waals surface area contributed by atoms with Gasteiger partial charge in [0.15, 0.2) is 0 Å². The Morgan fingerprint density at radius 1 is 1.00 bits per heavy atom. The van der Waals surface area contributed by atoms with Crippen molar-refractivity contribution in [2.75, 3.05) is 26.2 Å². The molecule has 0 saturated carbocycles. The van der Waals surface area contributed by atoms with E-state index in [-0.39, 0.29) is 29.8 Å². The van der Waals surface area contributed by atoms with Crippen LogP contribution in [0.1, 0.15) is 41.9 Å². The Labute approximate surface area is 230 Å². The highest BCUT2D eigenvalue weighted by atomic mass is 35.5. The molecule has 4 N–H and O–H groups in total. The average Bonchev–Trinajstić information content (AvgIpc) is 3.09. The SMILES string of the molecule is NCCC1N[C@H](CNC(=O)CCc2ccc(Cl)cc2)CCN(CC(c2ccccc2)c2ccccc2)C1=O. The number of rotatable bonds is 11. The number of nitrogens with one attached hydrogen (secondary N) is 2. The molecule has 38 heavy (non-hydrogen) atoms. The number of carbonyl (C=O) groups is 2. The van der Waals surface area contributed by atoms with E-state index in [0.29, 0.717) is 50.5 Å². The molecule has 1 saturated heterocycles. The van der Waals surface area contributed by atoms with Crippen molar-refractivity contribution in [1.82, 2.24) is 15.5 Å². The Kier molecular flexibility index (Phi) is 10.3. The lowest BCUT2D eigenvalue weighted by Crippen LogP contribution is -2.49. The lowest BCUT2D eigenvalue weighted by Gasteiger charge is -2.29. The molecule has 6 nitrogen and oxygen atoms in total. The van der Waals surface area contributed by atoms with Crippen molar-refractivity contribution in [3.8, 4) is 0 Å². The van der Waals surface area contributed by atoms with E-state index in [1.807, 2.05) is 65.6 Å². The van der Waals surface area contributed by atoms with Crippen LogP contribution in [0.5, 0.6) is 0 Å². The molecule has 2 atom stereocenters. The first-order valence-corrected chi connectivity index (χ1v) is 13.8. The quantitative estimate of drug-likeness (QED) is 0.346. The van der Waals surface area contributed by atoms with Gasteiger partial charge in [-0.05, 0) is 54.6 Å². The van der Waals surface area contributed by atoms with Crippen molar-refractivity contribution in [3.05, 3.63) is 107 Å². The number of amides is 2. The molecule has 1 fully saturated rings. The first-order chi connectivity index (χ1) is 18.5. The van der Waals surface area contributed by atoms with Crippen LogP contribution in [0.4, 0.5) is 0 Å². The second-order valence-electron chi connectivity index (χ2n) is 9.87. The fraction of sp³-hybridized carbons (Fsp3) is 0.355. The van der Waals surface area contributed by atoms with Crippen molar-refractivity contribution in [1.29, 1.82) is 0 Å². The van der Waals surface area contributed by atoms with Crippen molar-refractivity contribution in [3.63, 3.8) is 0 Å². The molecule has 1 unspecified atom stereocenters. The minimum Gasteiger partial charge on any atom is -0.355 e. The summed E-state index contributed by atoms with van der Waals surface area (Å²) in [5.41, 5.74) is 9.33. The number of carbonyl (C=O) groups excluding carboxylic acids is 2. The number of benzene rings is 3. The fourth-order valence-corrected chi connectivity index (χ4v) is 5.15. The molecule has 4 rings (SSSR count). The largest absolute Gasteiger partial charge is 0.355 e. The van der Waals surface area contributed by atoms with Crippen molar-refractivity contribution in [2.45, 2.75) is 43.7 Å². The Morgan fingerprint density at radius 2 is 1.63 bits per heavy atom. The Morgan fingerprint density at radius 3 is 2.24 bits per heavy atom. The molecule has 1 heterocycles. The third kappa shape index (κ3) is 7.90. The molecule has 0 radical (unpaired) electrons. The summed E-state index contributed by atoms with van der Waals surface area (Å²) in [6, 6.07) is 27.9. The van der Waals surface area contributed by atoms with Gasteiger partial charge in [0.25, 0.3) is 0 Å². The minimum atomic E-state index is -0.370. The van der Waals surface area contributed by atoms with Crippen LogP contribution in [0.3, 0.4) is 0 Å². The summed E-state index contributed by atoms with van der Waals surface area (Å²) in [6.07, 6.45) is 2.36. The lowest BCUT2D eigenvalue weighted by atomic mass is 9.90. The van der Waals surface area contributed by atoms with E-state index in [0.717, 1.165) is 12.0 Å². The van der Waals surface area contributed by atoms with Crippen molar-refractivity contribution in [2.24, 2.45) is 5.73 Å². The van der Waals surface area contributed by atoms with Crippen LogP contribution in [-0.4, -0.2) is 55.0 Å². The average molecular weight is 533 g/mol. The van der Waals surface area contributed by atoms with Gasteiger partial charge in [-0.15, -0.1) is 0 Å². The summed E-state index contributed by atoms with van der Waals surface area (Å²) in [6.45, 7) is 2.10. The van der Waals surface area contributed by atoms with Gasteiger partial charge in [-0.2, -0.15) is 0 Å². The van der Waals surface area contributed by atoms with E-state index in [4.69, 9.17) is 17.3 Å². The van der Waals surface area contributed by atoms with Crippen LogP contribution in [-0.2, 0) is 16.0 Å². The van der Waals surface area contributed by atoms with E-state index in [9.17, 15) is 9.59 Å². The Bertz CT molecular complexity index is 1120. The molecule has 1 aliphatic heterocycles. The van der Waals surface area contributed by atoms with Crippen LogP contribution in [0.2, 0.25) is 5.02 Å². The van der Waals surface area contributed by atoms with E-state index < -0.39 is 0 Å². The van der Waals surface area contributed by atoms with Gasteiger partial charge < -0.3 is 21.3 Å². The number of aryl methyl sites for hydroxylation is 1. The molecule has 7 heteroatoms. The minimum absolute atomic E-state index is 0.00206. The molecular weight excluding hydrogens is 496 g/mol. The zero-order valence-electron chi connectivity index (χ0n) is 21.7. The van der Waals surface area contributed by atoms with E-state index in [2.05, 4.69) is 34.9 Å². The van der Waals surface area contributed by atoms with Gasteiger partial charge in [-0.1, -0.05) is 84.4 Å². The topological polar surface area (TPSA) is 87.5 Å². The van der Waals surface area contributed by atoms with Crippen LogP contribution < -0.4 is 16.4 Å². The lowest BCUT2D eigenvalue weighted by molar-refractivity contribution is -0.133. The molecule has 0 spiro atoms. The van der Waals surface area contributed by atoms with E-state index in [1.165, 1.54) is 11.1 Å². The summed E-state index contributed by atoms with van der Waals surface area (Å²) in [5.74, 6) is 0.144. The maximum Gasteiger partial charge on any atom is 0.239 e. The number of nitrogens with zero attached hydrogens (tertiary/aromatic N) is 1. The second-order valence-corrected chi connectivity index (χ2v) is 10.3. The molecule has 200 valence electrons. The van der Waals surface area contributed by atoms with Gasteiger partial charge in [0.1, 0.15) is 0 Å². The predicted molar refractivity (Wildman–Crippen MR) is 153 cm³/mol. The summed E-state index contributed by atoms with van der Waals surface area (Å²) in [7, 11) is 0. The first-order valence-electron chi connectivity index (χ1n) is 13.4. The molecule has 3 aromatic carbocycles. The van der Waals surface area contributed by atoms with Gasteiger partial charge in [0.2, 0.25) is 11.8 Å². The maximum atomic E-state index is 13.6. The van der Waals surface area contributed by atoms with Crippen LogP contribution in [0.25, 0.3) is 0 Å². The molecule has 2 amide bonds. The summed E-state index contributed by atoms with van der Waals surface area (Å²) < 4.78 is 0. The molecule has 0 aliphatic carbocycles. The fourth-order valence-electron chi connectivity index (χ4n) is 5.03. The second kappa shape index (κ2) is 14.1. The van der Waals surface area contributed by atoms with Crippen LogP contribution >= 0.6 is 11.6 Å². The molecule has 1 aliphatic rings. The number of nitrogens with two attached hydrogens (primary N) is 1. The third-order valence-electron chi connectivity index (χ3n) is 7.16. The first kappa shape index (κ1) is 27.8. The number of halogens is 1. The molecule has 0 bridgehead atoms. The van der Waals surface area contributed by atoms with Gasteiger partial charge in [-0.3, -0.25) is 9.59 Å². The highest BCUT2D eigenvalue weighted by Gasteiger charge is 2.32. The zero-order chi connectivity index (χ0) is 26.7. The number of hydrogen-bond acceptors (Lipinski definition) is 4. The summed E-state index contributed by atoms with van der Waals surface area (Å²) in [5, 5.41) is 7.23. The van der Waals surface area contributed by atoms with Crippen molar-refractivity contribution < 1.29 is 9.59 Å². The van der Waals surface area contributed by atoms with Gasteiger partial charge >= 0.3 is 0 Å². The molecule has 3 aromatic rings. The Hall–Kier alpha value is -3.19. The van der Waals surface area contributed by atoms with Crippen LogP contribution in [0.15, 0.2) is 84.9 Å². The summed E-state index contributed by atoms with van der Waals surface area (Å²) >= 11 is 5.95. The normalized spacial score (nSPS) is 17.9. The van der Waals surface area contributed by atoms with Gasteiger partial charge in [0.05, 0.1) is 6.04 Å². The molecule has 0 aromatic heterocycles. The third-order valence-corrected chi connectivity index (χ3v) is 7.41. The van der Waals surface area contributed by atoms with Crippen LogP contribution in [0, 0.1) is 0 Å². The zero-order valence-corrected chi connectivity index (χ0v) is 22.4. The van der Waals surface area contributed by atoms with E-state index in [1.54, 1.807) is 0 Å². The molecular formula is C31H37ClN4O2. The smallest absolute Gasteiger partial charge is 0.239 e. The Balaban J connectivity index is 1.39. The highest BCUT2D eigenvalue weighted by molar-refractivity contribution is 6.30. The monoisotopic (exact) mass is 532 g/mol. The predicted octanol–water partition coefficient (Wildman–Crippen LogP) is 4.13. The highest BCUT2D eigenvalue weighted by Crippen LogP contribution is 2.27. The summed E-state index contributed by atoms with van der Waals surface area (Å²) in [4.78, 5) is 28.1. The van der Waals surface area contributed by atoms with Gasteiger partial charge in [-0.25, -0.2) is 0 Å². The van der Waals surface area contributed by atoms with Gasteiger partial charge in [0, 0.05) is 43.0 Å². The standard InChI is InChI=1S/C31H37ClN4O2/c32-26-14-11-23(12-15-26)13-16-30(37)34-21-27-18-20-36(31(38)29(35-27)17-19-33)22-28(24-7-3-1-4-8-24)25-9-5-2-6-10-25/h1-12,14-15,27-29,35H,13,16-22,33H2,(H,34,37)/t27-,29?/m0/s1. The van der Waals surface area contributed by atoms with Crippen molar-refractivity contribution >= 4 is 23.4 Å². The number of hydrogen-bond donors (Lipinski definition) is 3. The van der Waals surface area contributed by atoms with E-state index >= 15 is 0 Å².